The molecule has 6 nitrogen and oxygen atoms in total. The molecular weight excluding hydrogens is 357 g/mol. The number of sulfonamides is 1. The molecule has 126 valence electrons. The number of ether oxygens (including phenoxy) is 1. The van der Waals surface area contributed by atoms with E-state index in [9.17, 15) is 21.6 Å². The summed E-state index contributed by atoms with van der Waals surface area (Å²) in [6, 6.07) is 3.51. The average Bonchev–Trinajstić information content (AvgIpc) is 3.16. The Balaban J connectivity index is 1.87. The van der Waals surface area contributed by atoms with Gasteiger partial charge in [-0.1, -0.05) is 5.16 Å². The Hall–Kier alpha value is -1.43. The molecule has 3 heterocycles. The summed E-state index contributed by atoms with van der Waals surface area (Å²) in [6.07, 6.45) is -4.63. The Kier molecular flexibility index (Phi) is 4.21. The maximum atomic E-state index is 12.5. The van der Waals surface area contributed by atoms with Gasteiger partial charge in [0.25, 0.3) is 10.0 Å². The lowest BCUT2D eigenvalue weighted by atomic mass is 10.3. The summed E-state index contributed by atoms with van der Waals surface area (Å²) in [5, 5.41) is 3.35. The number of morpholine rings is 1. The van der Waals surface area contributed by atoms with E-state index < -0.39 is 22.0 Å². The Morgan fingerprint density at radius 2 is 1.91 bits per heavy atom. The van der Waals surface area contributed by atoms with Crippen LogP contribution < -0.4 is 0 Å². The average molecular weight is 368 g/mol. The number of halogens is 3. The van der Waals surface area contributed by atoms with E-state index in [0.717, 1.165) is 17.4 Å². The molecule has 0 amide bonds. The number of nitrogens with zero attached hydrogens (tertiary/aromatic N) is 2. The van der Waals surface area contributed by atoms with Gasteiger partial charge in [-0.05, 0) is 12.1 Å². The zero-order valence-corrected chi connectivity index (χ0v) is 13.2. The van der Waals surface area contributed by atoms with Crippen molar-refractivity contribution < 1.29 is 30.8 Å². The third kappa shape index (κ3) is 3.27. The number of hydrogen-bond acceptors (Lipinski definition) is 6. The fourth-order valence-corrected chi connectivity index (χ4v) is 4.86. The van der Waals surface area contributed by atoms with E-state index in [4.69, 9.17) is 4.74 Å². The maximum Gasteiger partial charge on any atom is 0.452 e. The summed E-state index contributed by atoms with van der Waals surface area (Å²) in [6.45, 7) is 1.13. The van der Waals surface area contributed by atoms with Crippen molar-refractivity contribution in [2.75, 3.05) is 26.3 Å². The van der Waals surface area contributed by atoms with E-state index in [1.54, 1.807) is 0 Å². The highest BCUT2D eigenvalue weighted by molar-refractivity contribution is 7.91. The normalized spacial score (nSPS) is 17.5. The van der Waals surface area contributed by atoms with Gasteiger partial charge in [0, 0.05) is 19.2 Å². The number of thiophene rings is 1. The highest BCUT2D eigenvalue weighted by Crippen LogP contribution is 2.36. The van der Waals surface area contributed by atoms with Gasteiger partial charge in [0.15, 0.2) is 0 Å². The number of rotatable bonds is 3. The lowest BCUT2D eigenvalue weighted by molar-refractivity contribution is -0.155. The zero-order chi connectivity index (χ0) is 16.7. The van der Waals surface area contributed by atoms with Crippen molar-refractivity contribution in [2.24, 2.45) is 0 Å². The van der Waals surface area contributed by atoms with Gasteiger partial charge in [-0.3, -0.25) is 0 Å². The van der Waals surface area contributed by atoms with Crippen molar-refractivity contribution in [3.05, 3.63) is 24.0 Å². The van der Waals surface area contributed by atoms with E-state index in [0.29, 0.717) is 13.2 Å². The Bertz CT molecular complexity index is 791. The van der Waals surface area contributed by atoms with E-state index in [1.165, 1.54) is 16.4 Å². The summed E-state index contributed by atoms with van der Waals surface area (Å²) >= 11 is 0.850. The van der Waals surface area contributed by atoms with Crippen LogP contribution >= 0.6 is 11.3 Å². The molecule has 0 radical (unpaired) electrons. The minimum absolute atomic E-state index is 0.0472. The molecule has 0 N–H and O–H groups in total. The molecule has 0 saturated carbocycles. The molecule has 1 fully saturated rings. The van der Waals surface area contributed by atoms with Crippen LogP contribution in [0, 0.1) is 0 Å². The predicted octanol–water partition coefficient (Wildman–Crippen LogP) is 2.44. The van der Waals surface area contributed by atoms with Gasteiger partial charge in [-0.15, -0.1) is 11.3 Å². The summed E-state index contributed by atoms with van der Waals surface area (Å²) in [7, 11) is -3.68. The minimum Gasteiger partial charge on any atom is -0.379 e. The van der Waals surface area contributed by atoms with E-state index in [-0.39, 0.29) is 27.9 Å². The second-order valence-electron chi connectivity index (χ2n) is 4.71. The van der Waals surface area contributed by atoms with Gasteiger partial charge < -0.3 is 9.26 Å². The third-order valence-corrected chi connectivity index (χ3v) is 6.66. The van der Waals surface area contributed by atoms with Gasteiger partial charge in [-0.25, -0.2) is 8.42 Å². The Labute approximate surface area is 133 Å². The molecule has 0 aliphatic carbocycles. The molecule has 2 aromatic heterocycles. The molecule has 1 aliphatic rings. The summed E-state index contributed by atoms with van der Waals surface area (Å²) < 4.78 is 73.1. The van der Waals surface area contributed by atoms with Crippen LogP contribution in [-0.4, -0.2) is 44.2 Å². The first-order chi connectivity index (χ1) is 10.8. The Morgan fingerprint density at radius 1 is 1.22 bits per heavy atom. The monoisotopic (exact) mass is 368 g/mol. The zero-order valence-electron chi connectivity index (χ0n) is 11.5. The fraction of sp³-hybridized carbons (Fsp3) is 0.417. The molecule has 23 heavy (non-hydrogen) atoms. The number of hydrogen-bond donors (Lipinski definition) is 0. The molecule has 2 aromatic rings. The standard InChI is InChI=1S/C12H11F3N2O4S2/c13-12(14,15)10-7-8(16-21-10)9-1-2-11(22-9)23(18,19)17-3-5-20-6-4-17/h1-2,7H,3-6H2. The van der Waals surface area contributed by atoms with Gasteiger partial charge in [0.05, 0.1) is 18.1 Å². The smallest absolute Gasteiger partial charge is 0.379 e. The maximum absolute atomic E-state index is 12.5. The summed E-state index contributed by atoms with van der Waals surface area (Å²) in [5.41, 5.74) is -0.0502. The SMILES string of the molecule is O=S(=O)(c1ccc(-c2cc(C(F)(F)F)on2)s1)N1CCOCC1. The molecule has 0 unspecified atom stereocenters. The van der Waals surface area contributed by atoms with Crippen LogP contribution in [0.1, 0.15) is 5.76 Å². The van der Waals surface area contributed by atoms with E-state index in [2.05, 4.69) is 9.68 Å². The van der Waals surface area contributed by atoms with E-state index >= 15 is 0 Å². The van der Waals surface area contributed by atoms with Crippen LogP contribution in [0.3, 0.4) is 0 Å². The van der Waals surface area contributed by atoms with Crippen molar-refractivity contribution in [3.8, 4) is 10.6 Å². The first kappa shape index (κ1) is 16.4. The molecule has 3 rings (SSSR count). The van der Waals surface area contributed by atoms with Crippen LogP contribution in [0.5, 0.6) is 0 Å². The molecule has 0 atom stereocenters. The minimum atomic E-state index is -4.63. The van der Waals surface area contributed by atoms with Gasteiger partial charge in [0.2, 0.25) is 5.76 Å². The summed E-state index contributed by atoms with van der Waals surface area (Å²) in [4.78, 5) is 0.288. The first-order valence-corrected chi connectivity index (χ1v) is 8.76. The van der Waals surface area contributed by atoms with Crippen molar-refractivity contribution in [3.63, 3.8) is 0 Å². The molecule has 0 spiro atoms. The van der Waals surface area contributed by atoms with Crippen LogP contribution in [0.2, 0.25) is 0 Å². The second kappa shape index (κ2) is 5.89. The quantitative estimate of drug-likeness (QED) is 0.832. The summed E-state index contributed by atoms with van der Waals surface area (Å²) in [5.74, 6) is -1.22. The number of alkyl halides is 3. The molecule has 1 aliphatic heterocycles. The third-order valence-electron chi connectivity index (χ3n) is 3.19. The fourth-order valence-electron chi connectivity index (χ4n) is 2.04. The molecule has 0 aromatic carbocycles. The largest absolute Gasteiger partial charge is 0.452 e. The number of aromatic nitrogens is 1. The second-order valence-corrected chi connectivity index (χ2v) is 7.96. The van der Waals surface area contributed by atoms with Gasteiger partial charge in [-0.2, -0.15) is 17.5 Å². The van der Waals surface area contributed by atoms with Crippen molar-refractivity contribution >= 4 is 21.4 Å². The Morgan fingerprint density at radius 3 is 2.52 bits per heavy atom. The van der Waals surface area contributed by atoms with Crippen LogP contribution in [-0.2, 0) is 20.9 Å². The topological polar surface area (TPSA) is 72.6 Å². The highest BCUT2D eigenvalue weighted by atomic mass is 32.2. The highest BCUT2D eigenvalue weighted by Gasteiger charge is 2.36. The lowest BCUT2D eigenvalue weighted by Crippen LogP contribution is -2.40. The van der Waals surface area contributed by atoms with Crippen LogP contribution in [0.15, 0.2) is 26.9 Å². The van der Waals surface area contributed by atoms with Crippen molar-refractivity contribution in [1.29, 1.82) is 0 Å². The van der Waals surface area contributed by atoms with E-state index in [1.807, 2.05) is 0 Å². The van der Waals surface area contributed by atoms with Crippen LogP contribution in [0.4, 0.5) is 13.2 Å². The van der Waals surface area contributed by atoms with Gasteiger partial charge in [0.1, 0.15) is 9.90 Å². The first-order valence-electron chi connectivity index (χ1n) is 6.50. The van der Waals surface area contributed by atoms with Gasteiger partial charge >= 0.3 is 6.18 Å². The lowest BCUT2D eigenvalue weighted by Gasteiger charge is -2.25. The van der Waals surface area contributed by atoms with Crippen molar-refractivity contribution in [2.45, 2.75) is 10.4 Å². The van der Waals surface area contributed by atoms with Crippen LogP contribution in [0.25, 0.3) is 10.6 Å². The molecule has 0 bridgehead atoms. The van der Waals surface area contributed by atoms with Crippen molar-refractivity contribution in [1.82, 2.24) is 9.46 Å². The predicted molar refractivity (Wildman–Crippen MR) is 74.4 cm³/mol. The molecule has 11 heteroatoms. The molecule has 1 saturated heterocycles. The molecular formula is C12H11F3N2O4S2.